The summed E-state index contributed by atoms with van der Waals surface area (Å²) in [6.07, 6.45) is 0.420. The molecule has 0 saturated carbocycles. The molecule has 18 heavy (non-hydrogen) atoms. The second kappa shape index (κ2) is 6.33. The number of carbonyl (C=O) groups is 1. The quantitative estimate of drug-likeness (QED) is 0.866. The maximum absolute atomic E-state index is 11.7. The van der Waals surface area contributed by atoms with Crippen molar-refractivity contribution in [2.24, 2.45) is 0 Å². The number of nitrogens with one attached hydrogen (secondary N) is 1. The smallest absolute Gasteiger partial charge is 0.224 e. The van der Waals surface area contributed by atoms with Gasteiger partial charge in [-0.15, -0.1) is 0 Å². The second-order valence-corrected chi connectivity index (χ2v) is 4.84. The van der Waals surface area contributed by atoms with E-state index in [0.717, 1.165) is 16.7 Å². The van der Waals surface area contributed by atoms with Crippen molar-refractivity contribution in [3.63, 3.8) is 0 Å². The Balaban J connectivity index is 1.85. The zero-order valence-corrected chi connectivity index (χ0v) is 10.7. The molecule has 4 heteroatoms. The first kappa shape index (κ1) is 12.8. The SMILES string of the molecule is O=C(Cc1ccsc1)NCc1cccc(CO)c1. The largest absolute Gasteiger partial charge is 0.392 e. The van der Waals surface area contributed by atoms with Crippen LogP contribution in [0.2, 0.25) is 0 Å². The Labute approximate surface area is 110 Å². The lowest BCUT2D eigenvalue weighted by Gasteiger charge is -2.06. The topological polar surface area (TPSA) is 49.3 Å². The van der Waals surface area contributed by atoms with Crippen LogP contribution in [-0.2, 0) is 24.4 Å². The van der Waals surface area contributed by atoms with Gasteiger partial charge in [-0.25, -0.2) is 0 Å². The molecule has 0 bridgehead atoms. The first-order valence-corrected chi connectivity index (χ1v) is 6.68. The van der Waals surface area contributed by atoms with Crippen molar-refractivity contribution in [3.8, 4) is 0 Å². The molecule has 0 spiro atoms. The Morgan fingerprint density at radius 3 is 2.78 bits per heavy atom. The number of benzene rings is 1. The Morgan fingerprint density at radius 2 is 2.06 bits per heavy atom. The van der Waals surface area contributed by atoms with Gasteiger partial charge in [-0.1, -0.05) is 24.3 Å². The molecule has 0 radical (unpaired) electrons. The highest BCUT2D eigenvalue weighted by atomic mass is 32.1. The van der Waals surface area contributed by atoms with Crippen molar-refractivity contribution in [2.75, 3.05) is 0 Å². The number of aliphatic hydroxyl groups excluding tert-OH is 1. The van der Waals surface area contributed by atoms with Crippen LogP contribution in [0, 0.1) is 0 Å². The molecule has 1 amide bonds. The molecule has 0 aliphatic carbocycles. The predicted molar refractivity (Wildman–Crippen MR) is 72.2 cm³/mol. The zero-order chi connectivity index (χ0) is 12.8. The van der Waals surface area contributed by atoms with E-state index >= 15 is 0 Å². The molecular weight excluding hydrogens is 246 g/mol. The molecule has 2 N–H and O–H groups in total. The number of hydrogen-bond donors (Lipinski definition) is 2. The highest BCUT2D eigenvalue weighted by molar-refractivity contribution is 7.07. The number of carbonyl (C=O) groups excluding carboxylic acids is 1. The zero-order valence-electron chi connectivity index (χ0n) is 9.93. The Hall–Kier alpha value is -1.65. The van der Waals surface area contributed by atoms with Crippen molar-refractivity contribution < 1.29 is 9.90 Å². The van der Waals surface area contributed by atoms with Crippen LogP contribution in [0.3, 0.4) is 0 Å². The van der Waals surface area contributed by atoms with E-state index in [-0.39, 0.29) is 12.5 Å². The van der Waals surface area contributed by atoms with Gasteiger partial charge < -0.3 is 10.4 Å². The minimum absolute atomic E-state index is 0.0165. The van der Waals surface area contributed by atoms with Gasteiger partial charge in [0.15, 0.2) is 0 Å². The standard InChI is InChI=1S/C14H15NO2S/c16-9-12-3-1-2-11(6-12)8-15-14(17)7-13-4-5-18-10-13/h1-6,10,16H,7-9H2,(H,15,17). The summed E-state index contributed by atoms with van der Waals surface area (Å²) in [5.41, 5.74) is 2.90. The maximum atomic E-state index is 11.7. The molecule has 0 aliphatic rings. The third kappa shape index (κ3) is 3.68. The summed E-state index contributed by atoms with van der Waals surface area (Å²) >= 11 is 1.59. The molecule has 1 heterocycles. The molecule has 94 valence electrons. The summed E-state index contributed by atoms with van der Waals surface area (Å²) in [7, 11) is 0. The fourth-order valence-corrected chi connectivity index (χ4v) is 2.35. The molecule has 0 fully saturated rings. The average Bonchev–Trinajstić information content (AvgIpc) is 2.89. The predicted octanol–water partition coefficient (Wildman–Crippen LogP) is 2.10. The normalized spacial score (nSPS) is 10.3. The van der Waals surface area contributed by atoms with Crippen molar-refractivity contribution in [1.29, 1.82) is 0 Å². The number of thiophene rings is 1. The van der Waals surface area contributed by atoms with Crippen LogP contribution in [0.5, 0.6) is 0 Å². The fraction of sp³-hybridized carbons (Fsp3) is 0.214. The van der Waals surface area contributed by atoms with Gasteiger partial charge in [-0.2, -0.15) is 11.3 Å². The fourth-order valence-electron chi connectivity index (χ4n) is 1.68. The molecule has 3 nitrogen and oxygen atoms in total. The van der Waals surface area contributed by atoms with Gasteiger partial charge in [0.25, 0.3) is 0 Å². The van der Waals surface area contributed by atoms with Crippen molar-refractivity contribution in [1.82, 2.24) is 5.32 Å². The summed E-state index contributed by atoms with van der Waals surface area (Å²) in [4.78, 5) is 11.7. The van der Waals surface area contributed by atoms with E-state index in [2.05, 4.69) is 5.32 Å². The second-order valence-electron chi connectivity index (χ2n) is 4.06. The van der Waals surface area contributed by atoms with E-state index in [1.165, 1.54) is 0 Å². The first-order valence-electron chi connectivity index (χ1n) is 5.74. The number of aliphatic hydroxyl groups is 1. The summed E-state index contributed by atoms with van der Waals surface area (Å²) in [6.45, 7) is 0.521. The van der Waals surface area contributed by atoms with Crippen LogP contribution < -0.4 is 5.32 Å². The van der Waals surface area contributed by atoms with Crippen LogP contribution in [0.4, 0.5) is 0 Å². The van der Waals surface area contributed by atoms with E-state index in [0.29, 0.717) is 13.0 Å². The molecule has 2 aromatic rings. The number of rotatable bonds is 5. The van der Waals surface area contributed by atoms with E-state index in [1.807, 2.05) is 41.1 Å². The lowest BCUT2D eigenvalue weighted by Crippen LogP contribution is -2.24. The van der Waals surface area contributed by atoms with Gasteiger partial charge in [-0.05, 0) is 33.5 Å². The summed E-state index contributed by atoms with van der Waals surface area (Å²) in [5, 5.41) is 15.8. The van der Waals surface area contributed by atoms with Gasteiger partial charge >= 0.3 is 0 Å². The number of amides is 1. The van der Waals surface area contributed by atoms with Gasteiger partial charge in [0.2, 0.25) is 5.91 Å². The Kier molecular flexibility index (Phi) is 4.50. The maximum Gasteiger partial charge on any atom is 0.224 e. The highest BCUT2D eigenvalue weighted by Gasteiger charge is 2.03. The van der Waals surface area contributed by atoms with E-state index < -0.39 is 0 Å². The van der Waals surface area contributed by atoms with E-state index in [9.17, 15) is 4.79 Å². The molecular formula is C14H15NO2S. The van der Waals surface area contributed by atoms with Gasteiger partial charge in [0.1, 0.15) is 0 Å². The van der Waals surface area contributed by atoms with Crippen LogP contribution in [0.1, 0.15) is 16.7 Å². The molecule has 2 rings (SSSR count). The monoisotopic (exact) mass is 261 g/mol. The van der Waals surface area contributed by atoms with Crippen LogP contribution in [0.15, 0.2) is 41.1 Å². The minimum Gasteiger partial charge on any atom is -0.392 e. The van der Waals surface area contributed by atoms with Gasteiger partial charge in [-0.3, -0.25) is 4.79 Å². The number of hydrogen-bond acceptors (Lipinski definition) is 3. The minimum atomic E-state index is 0.0165. The van der Waals surface area contributed by atoms with E-state index in [4.69, 9.17) is 5.11 Å². The van der Waals surface area contributed by atoms with Crippen molar-refractivity contribution in [2.45, 2.75) is 19.6 Å². The Morgan fingerprint density at radius 1 is 1.22 bits per heavy atom. The third-order valence-corrected chi connectivity index (χ3v) is 3.34. The van der Waals surface area contributed by atoms with Crippen molar-refractivity contribution >= 4 is 17.2 Å². The van der Waals surface area contributed by atoms with Crippen LogP contribution >= 0.6 is 11.3 Å². The molecule has 1 aromatic carbocycles. The van der Waals surface area contributed by atoms with Crippen LogP contribution in [-0.4, -0.2) is 11.0 Å². The van der Waals surface area contributed by atoms with Crippen molar-refractivity contribution in [3.05, 3.63) is 57.8 Å². The highest BCUT2D eigenvalue weighted by Crippen LogP contribution is 2.07. The first-order chi connectivity index (χ1) is 8.78. The Bertz CT molecular complexity index is 508. The van der Waals surface area contributed by atoms with Gasteiger partial charge in [0.05, 0.1) is 13.0 Å². The molecule has 0 atom stereocenters. The lowest BCUT2D eigenvalue weighted by atomic mass is 10.1. The molecule has 0 unspecified atom stereocenters. The molecule has 0 aliphatic heterocycles. The lowest BCUT2D eigenvalue weighted by molar-refractivity contribution is -0.120. The van der Waals surface area contributed by atoms with E-state index in [1.54, 1.807) is 11.3 Å². The van der Waals surface area contributed by atoms with Gasteiger partial charge in [0, 0.05) is 6.54 Å². The molecule has 0 saturated heterocycles. The average molecular weight is 261 g/mol. The summed E-state index contributed by atoms with van der Waals surface area (Å²) < 4.78 is 0. The molecule has 1 aromatic heterocycles. The summed E-state index contributed by atoms with van der Waals surface area (Å²) in [6, 6.07) is 9.52. The van der Waals surface area contributed by atoms with Crippen LogP contribution in [0.25, 0.3) is 0 Å². The third-order valence-electron chi connectivity index (χ3n) is 2.61. The summed E-state index contributed by atoms with van der Waals surface area (Å²) in [5.74, 6) is 0.0165.